The fraction of sp³-hybridized carbons (Fsp3) is 0.0755. The molecule has 0 radical (unpaired) electrons. The van der Waals surface area contributed by atoms with Crippen LogP contribution in [0.4, 0.5) is 11.5 Å². The van der Waals surface area contributed by atoms with E-state index in [1.54, 1.807) is 0 Å². The molecule has 9 aromatic rings. The molecule has 0 fully saturated rings. The quantitative estimate of drug-likeness (QED) is 0.186. The minimum atomic E-state index is 0.872. The van der Waals surface area contributed by atoms with Gasteiger partial charge in [0.25, 0.3) is 0 Å². The van der Waals surface area contributed by atoms with Crippen LogP contribution in [0.2, 0.25) is 0 Å². The lowest BCUT2D eigenvalue weighted by molar-refractivity contribution is 0.922. The highest BCUT2D eigenvalue weighted by molar-refractivity contribution is 6.11. The second-order valence-corrected chi connectivity index (χ2v) is 15.0. The molecule has 0 amide bonds. The molecule has 0 spiro atoms. The van der Waals surface area contributed by atoms with Gasteiger partial charge in [0, 0.05) is 39.8 Å². The topological polar surface area (TPSA) is 31.9 Å². The zero-order valence-corrected chi connectivity index (χ0v) is 31.7. The van der Waals surface area contributed by atoms with E-state index in [2.05, 4.69) is 188 Å². The number of nitrogens with one attached hydrogen (secondary N) is 1. The maximum absolute atomic E-state index is 4.90. The van der Waals surface area contributed by atoms with Crippen LogP contribution >= 0.6 is 0 Å². The first-order valence-corrected chi connectivity index (χ1v) is 19.5. The first-order chi connectivity index (χ1) is 27.5. The van der Waals surface area contributed by atoms with Crippen LogP contribution in [0.25, 0.3) is 76.8 Å². The van der Waals surface area contributed by atoms with E-state index >= 15 is 0 Å². The SMILES string of the molecule is C=C1/C=C(c2cccc3ccccc23)\C=C/N(c2cc(C)ccn2)c2cc(-c3ccc4c(c3)[nH]c3ccc(-c5cccc6ccccc56)cc34)c(CCC)cc21. The number of hydrogen-bond donors (Lipinski definition) is 1. The third-order valence-corrected chi connectivity index (χ3v) is 11.3. The molecule has 3 heteroatoms. The van der Waals surface area contributed by atoms with Gasteiger partial charge in [0.15, 0.2) is 0 Å². The molecule has 0 unspecified atom stereocenters. The van der Waals surface area contributed by atoms with E-state index < -0.39 is 0 Å². The van der Waals surface area contributed by atoms with E-state index in [1.165, 1.54) is 65.7 Å². The van der Waals surface area contributed by atoms with Gasteiger partial charge < -0.3 is 9.88 Å². The third kappa shape index (κ3) is 5.80. The van der Waals surface area contributed by atoms with Crippen molar-refractivity contribution in [2.24, 2.45) is 0 Å². The molecule has 1 N–H and O–H groups in total. The summed E-state index contributed by atoms with van der Waals surface area (Å²) in [6.07, 6.45) is 10.5. The Morgan fingerprint density at radius 2 is 1.32 bits per heavy atom. The summed E-state index contributed by atoms with van der Waals surface area (Å²) in [7, 11) is 0. The highest BCUT2D eigenvalue weighted by atomic mass is 15.2. The van der Waals surface area contributed by atoms with Gasteiger partial charge in [-0.05, 0) is 140 Å². The molecule has 10 rings (SSSR count). The lowest BCUT2D eigenvalue weighted by Crippen LogP contribution is -2.14. The van der Waals surface area contributed by atoms with Crippen LogP contribution < -0.4 is 4.90 Å². The summed E-state index contributed by atoms with van der Waals surface area (Å²) >= 11 is 0. The lowest BCUT2D eigenvalue weighted by atomic mass is 9.88. The molecule has 0 bridgehead atoms. The average molecular weight is 720 g/mol. The molecule has 0 saturated carbocycles. The summed E-state index contributed by atoms with van der Waals surface area (Å²) < 4.78 is 0. The summed E-state index contributed by atoms with van der Waals surface area (Å²) in [5.41, 5.74) is 15.1. The van der Waals surface area contributed by atoms with Crippen LogP contribution in [0.15, 0.2) is 177 Å². The van der Waals surface area contributed by atoms with E-state index in [0.717, 1.165) is 57.7 Å². The maximum atomic E-state index is 4.90. The van der Waals surface area contributed by atoms with Crippen LogP contribution in [0.3, 0.4) is 0 Å². The van der Waals surface area contributed by atoms with E-state index in [-0.39, 0.29) is 0 Å². The van der Waals surface area contributed by atoms with Crippen molar-refractivity contribution in [3.63, 3.8) is 0 Å². The van der Waals surface area contributed by atoms with Crippen molar-refractivity contribution in [2.75, 3.05) is 4.90 Å². The molecule has 0 aliphatic carbocycles. The molecule has 0 saturated heterocycles. The number of anilines is 2. The Morgan fingerprint density at radius 1 is 0.607 bits per heavy atom. The number of fused-ring (bicyclic) bond motifs is 6. The van der Waals surface area contributed by atoms with Gasteiger partial charge in [-0.2, -0.15) is 0 Å². The number of pyridine rings is 1. The average Bonchev–Trinajstić information content (AvgIpc) is 3.60. The summed E-state index contributed by atoms with van der Waals surface area (Å²) in [6, 6.07) is 53.0. The number of allylic oxidation sites excluding steroid dienone is 4. The molecule has 268 valence electrons. The predicted octanol–water partition coefficient (Wildman–Crippen LogP) is 14.4. The van der Waals surface area contributed by atoms with Gasteiger partial charge in [-0.15, -0.1) is 0 Å². The fourth-order valence-corrected chi connectivity index (χ4v) is 8.60. The molecule has 0 atom stereocenters. The normalized spacial score (nSPS) is 14.5. The van der Waals surface area contributed by atoms with Crippen molar-refractivity contribution < 1.29 is 0 Å². The molecule has 7 aromatic carbocycles. The number of benzene rings is 7. The van der Waals surface area contributed by atoms with Crippen LogP contribution in [-0.4, -0.2) is 9.97 Å². The molecule has 2 aromatic heterocycles. The zero-order valence-electron chi connectivity index (χ0n) is 31.7. The molecule has 1 aliphatic heterocycles. The predicted molar refractivity (Wildman–Crippen MR) is 239 cm³/mol. The number of H-pyrrole nitrogens is 1. The number of aryl methyl sites for hydroxylation is 2. The summed E-state index contributed by atoms with van der Waals surface area (Å²) in [5, 5.41) is 7.42. The van der Waals surface area contributed by atoms with Crippen molar-refractivity contribution in [3.8, 4) is 22.3 Å². The van der Waals surface area contributed by atoms with E-state index in [9.17, 15) is 0 Å². The van der Waals surface area contributed by atoms with Crippen LogP contribution in [0.5, 0.6) is 0 Å². The van der Waals surface area contributed by atoms with Crippen molar-refractivity contribution in [1.29, 1.82) is 0 Å². The molecular weight excluding hydrogens is 679 g/mol. The maximum Gasteiger partial charge on any atom is 0.137 e. The van der Waals surface area contributed by atoms with Crippen molar-refractivity contribution >= 4 is 66.0 Å². The Morgan fingerprint density at radius 3 is 2.11 bits per heavy atom. The smallest absolute Gasteiger partial charge is 0.137 e. The largest absolute Gasteiger partial charge is 0.354 e. The number of hydrogen-bond acceptors (Lipinski definition) is 2. The van der Waals surface area contributed by atoms with Gasteiger partial charge in [0.2, 0.25) is 0 Å². The van der Waals surface area contributed by atoms with Gasteiger partial charge in [-0.25, -0.2) is 4.98 Å². The second kappa shape index (κ2) is 13.7. The summed E-state index contributed by atoms with van der Waals surface area (Å²) in [6.45, 7) is 9.09. The number of aromatic amines is 1. The molecule has 56 heavy (non-hydrogen) atoms. The fourth-order valence-electron chi connectivity index (χ4n) is 8.60. The van der Waals surface area contributed by atoms with Crippen LogP contribution in [0, 0.1) is 6.92 Å². The Bertz CT molecular complexity index is 3070. The van der Waals surface area contributed by atoms with E-state index in [0.29, 0.717) is 0 Å². The number of nitrogens with zero attached hydrogens (tertiary/aromatic N) is 2. The van der Waals surface area contributed by atoms with Crippen molar-refractivity contribution in [3.05, 3.63) is 199 Å². The van der Waals surface area contributed by atoms with Gasteiger partial charge in [0.1, 0.15) is 5.82 Å². The van der Waals surface area contributed by atoms with Crippen LogP contribution in [0.1, 0.15) is 35.6 Å². The van der Waals surface area contributed by atoms with Gasteiger partial charge in [-0.3, -0.25) is 0 Å². The standard InChI is InChI=1S/C53H41N3/c1-4-11-38-30-47-35(3)29-41(45-19-10-15-37-13-6-8-17-43(37)45)25-27-56(53-28-34(2)24-26-54-53)52(47)33-48(38)40-20-22-46-49-31-39(21-23-50(49)55-51(46)32-40)44-18-9-14-36-12-5-7-16-42(36)44/h5-10,12-33,55H,3-4,11H2,1-2H3/b27-25-,41-29+. The number of aromatic nitrogens is 2. The first-order valence-electron chi connectivity index (χ1n) is 19.5. The minimum Gasteiger partial charge on any atom is -0.354 e. The van der Waals surface area contributed by atoms with Crippen molar-refractivity contribution in [1.82, 2.24) is 9.97 Å². The summed E-state index contributed by atoms with van der Waals surface area (Å²) in [4.78, 5) is 10.9. The summed E-state index contributed by atoms with van der Waals surface area (Å²) in [5.74, 6) is 0.872. The Labute approximate surface area is 327 Å². The van der Waals surface area contributed by atoms with Crippen LogP contribution in [-0.2, 0) is 6.42 Å². The molecular formula is C53H41N3. The molecule has 1 aliphatic rings. The van der Waals surface area contributed by atoms with Gasteiger partial charge in [-0.1, -0.05) is 123 Å². The van der Waals surface area contributed by atoms with Gasteiger partial charge >= 0.3 is 0 Å². The lowest BCUT2D eigenvalue weighted by Gasteiger charge is -2.27. The highest BCUT2D eigenvalue weighted by Crippen LogP contribution is 2.43. The monoisotopic (exact) mass is 719 g/mol. The van der Waals surface area contributed by atoms with Gasteiger partial charge in [0.05, 0.1) is 5.69 Å². The second-order valence-electron chi connectivity index (χ2n) is 15.0. The Balaban J connectivity index is 1.12. The zero-order chi connectivity index (χ0) is 37.8. The Hall–Kier alpha value is -6.97. The minimum absolute atomic E-state index is 0.872. The van der Waals surface area contributed by atoms with Crippen molar-refractivity contribution in [2.45, 2.75) is 26.7 Å². The number of rotatable bonds is 6. The first kappa shape index (κ1) is 33.6. The van der Waals surface area contributed by atoms with E-state index in [4.69, 9.17) is 11.6 Å². The van der Waals surface area contributed by atoms with E-state index in [1.807, 2.05) is 6.20 Å². The highest BCUT2D eigenvalue weighted by Gasteiger charge is 2.22. The Kier molecular flexibility index (Phi) is 8.22. The molecule has 3 nitrogen and oxygen atoms in total. The third-order valence-electron chi connectivity index (χ3n) is 11.3. The molecule has 3 heterocycles.